The first-order valence-corrected chi connectivity index (χ1v) is 6.14. The Kier molecular flexibility index (Phi) is 3.80. The van der Waals surface area contributed by atoms with Crippen LogP contribution >= 0.6 is 15.9 Å². The fourth-order valence-electron chi connectivity index (χ4n) is 1.62. The lowest BCUT2D eigenvalue weighted by molar-refractivity contribution is 0.0695. The standard InChI is InChI=1S/C13H9BrFNO3/c14-11-5-9(13(18)19)7-16(12(11)17)6-8-1-3-10(15)4-2-8/h1-5,7H,6H2,(H,18,19). The maximum Gasteiger partial charge on any atom is 0.337 e. The average molecular weight is 326 g/mol. The molecule has 6 heteroatoms. The van der Waals surface area contributed by atoms with Gasteiger partial charge in [-0.25, -0.2) is 9.18 Å². The molecule has 0 amide bonds. The molecule has 0 saturated heterocycles. The number of rotatable bonds is 3. The van der Waals surface area contributed by atoms with E-state index in [9.17, 15) is 14.0 Å². The molecule has 98 valence electrons. The predicted molar refractivity (Wildman–Crippen MR) is 70.9 cm³/mol. The van der Waals surface area contributed by atoms with E-state index in [4.69, 9.17) is 5.11 Å². The van der Waals surface area contributed by atoms with Gasteiger partial charge < -0.3 is 9.67 Å². The molecule has 0 unspecified atom stereocenters. The summed E-state index contributed by atoms with van der Waals surface area (Å²) < 4.78 is 14.2. The van der Waals surface area contributed by atoms with Gasteiger partial charge in [0, 0.05) is 6.20 Å². The Morgan fingerprint density at radius 1 is 1.32 bits per heavy atom. The Balaban J connectivity index is 2.41. The molecule has 1 aromatic carbocycles. The number of hydrogen-bond acceptors (Lipinski definition) is 2. The summed E-state index contributed by atoms with van der Waals surface area (Å²) in [5.41, 5.74) is 0.376. The van der Waals surface area contributed by atoms with Crippen LogP contribution in [0, 0.1) is 5.82 Å². The Morgan fingerprint density at radius 2 is 1.95 bits per heavy atom. The van der Waals surface area contributed by atoms with Crippen LogP contribution in [0.1, 0.15) is 15.9 Å². The topological polar surface area (TPSA) is 59.3 Å². The predicted octanol–water partition coefficient (Wildman–Crippen LogP) is 2.50. The minimum absolute atomic E-state index is 0.00795. The second-order valence-corrected chi connectivity index (χ2v) is 4.80. The Bertz CT molecular complexity index is 679. The summed E-state index contributed by atoms with van der Waals surface area (Å²) >= 11 is 3.03. The molecule has 1 heterocycles. The third-order valence-electron chi connectivity index (χ3n) is 2.56. The molecule has 0 bridgehead atoms. The molecule has 0 aliphatic rings. The maximum atomic E-state index is 12.8. The summed E-state index contributed by atoms with van der Waals surface area (Å²) in [5.74, 6) is -1.48. The number of halogens is 2. The SMILES string of the molecule is O=C(O)c1cc(Br)c(=O)n(Cc2ccc(F)cc2)c1. The van der Waals surface area contributed by atoms with E-state index in [2.05, 4.69) is 15.9 Å². The number of hydrogen-bond donors (Lipinski definition) is 1. The number of carboxylic acids is 1. The van der Waals surface area contributed by atoms with Gasteiger partial charge in [-0.05, 0) is 39.7 Å². The van der Waals surface area contributed by atoms with Gasteiger partial charge in [0.25, 0.3) is 5.56 Å². The summed E-state index contributed by atoms with van der Waals surface area (Å²) in [5, 5.41) is 8.94. The Morgan fingerprint density at radius 3 is 2.53 bits per heavy atom. The van der Waals surface area contributed by atoms with Gasteiger partial charge in [-0.3, -0.25) is 4.79 Å². The molecule has 0 saturated carbocycles. The minimum atomic E-state index is -1.12. The van der Waals surface area contributed by atoms with E-state index in [0.717, 1.165) is 0 Å². The van der Waals surface area contributed by atoms with E-state index in [1.165, 1.54) is 29.0 Å². The number of aromatic carboxylic acids is 1. The van der Waals surface area contributed by atoms with Gasteiger partial charge in [-0.1, -0.05) is 12.1 Å². The number of aromatic nitrogens is 1. The van der Waals surface area contributed by atoms with E-state index in [0.29, 0.717) is 5.56 Å². The molecule has 2 aromatic rings. The van der Waals surface area contributed by atoms with Crippen LogP contribution in [-0.2, 0) is 6.54 Å². The van der Waals surface area contributed by atoms with Crippen LogP contribution < -0.4 is 5.56 Å². The fraction of sp³-hybridized carbons (Fsp3) is 0.0769. The van der Waals surface area contributed by atoms with Crippen molar-refractivity contribution in [2.75, 3.05) is 0 Å². The van der Waals surface area contributed by atoms with Gasteiger partial charge in [0.15, 0.2) is 0 Å². The molecule has 19 heavy (non-hydrogen) atoms. The summed E-state index contributed by atoms with van der Waals surface area (Å²) in [6, 6.07) is 6.92. The zero-order chi connectivity index (χ0) is 14.0. The van der Waals surface area contributed by atoms with E-state index in [-0.39, 0.29) is 28.0 Å². The van der Waals surface area contributed by atoms with Crippen LogP contribution in [0.25, 0.3) is 0 Å². The van der Waals surface area contributed by atoms with Crippen LogP contribution in [0.3, 0.4) is 0 Å². The first-order valence-electron chi connectivity index (χ1n) is 5.35. The van der Waals surface area contributed by atoms with Crippen molar-refractivity contribution in [3.63, 3.8) is 0 Å². The first kappa shape index (κ1) is 13.5. The molecule has 1 N–H and O–H groups in total. The smallest absolute Gasteiger partial charge is 0.337 e. The molecular formula is C13H9BrFNO3. The molecule has 0 radical (unpaired) electrons. The molecule has 0 aliphatic heterocycles. The van der Waals surface area contributed by atoms with Crippen molar-refractivity contribution < 1.29 is 14.3 Å². The summed E-state index contributed by atoms with van der Waals surface area (Å²) in [6.07, 6.45) is 1.26. The van der Waals surface area contributed by atoms with Crippen molar-refractivity contribution >= 4 is 21.9 Å². The quantitative estimate of drug-likeness (QED) is 0.943. The summed E-state index contributed by atoms with van der Waals surface area (Å²) in [6.45, 7) is 0.179. The monoisotopic (exact) mass is 325 g/mol. The summed E-state index contributed by atoms with van der Waals surface area (Å²) in [4.78, 5) is 22.8. The molecule has 0 fully saturated rings. The number of carbonyl (C=O) groups is 1. The summed E-state index contributed by atoms with van der Waals surface area (Å²) in [7, 11) is 0. The zero-order valence-electron chi connectivity index (χ0n) is 9.64. The minimum Gasteiger partial charge on any atom is -0.478 e. The lowest BCUT2D eigenvalue weighted by Crippen LogP contribution is -2.22. The van der Waals surface area contributed by atoms with Crippen LogP contribution in [0.4, 0.5) is 4.39 Å². The number of benzene rings is 1. The molecule has 1 aromatic heterocycles. The van der Waals surface area contributed by atoms with Crippen molar-refractivity contribution in [3.8, 4) is 0 Å². The van der Waals surface area contributed by atoms with Crippen molar-refractivity contribution in [2.45, 2.75) is 6.54 Å². The lowest BCUT2D eigenvalue weighted by atomic mass is 10.2. The second kappa shape index (κ2) is 5.36. The average Bonchev–Trinajstić information content (AvgIpc) is 2.37. The van der Waals surface area contributed by atoms with Crippen LogP contribution in [0.15, 0.2) is 45.8 Å². The fourth-order valence-corrected chi connectivity index (χ4v) is 2.09. The van der Waals surface area contributed by atoms with Gasteiger partial charge in [-0.2, -0.15) is 0 Å². The second-order valence-electron chi connectivity index (χ2n) is 3.94. The molecule has 0 spiro atoms. The molecule has 4 nitrogen and oxygen atoms in total. The Labute approximate surface area is 116 Å². The van der Waals surface area contributed by atoms with Crippen LogP contribution in [0.5, 0.6) is 0 Å². The zero-order valence-corrected chi connectivity index (χ0v) is 11.2. The number of nitrogens with zero attached hydrogens (tertiary/aromatic N) is 1. The Hall–Kier alpha value is -1.95. The first-order chi connectivity index (χ1) is 8.97. The van der Waals surface area contributed by atoms with Gasteiger partial charge in [0.1, 0.15) is 5.82 Å². The lowest BCUT2D eigenvalue weighted by Gasteiger charge is -2.08. The molecule has 2 rings (SSSR count). The highest BCUT2D eigenvalue weighted by atomic mass is 79.9. The van der Waals surface area contributed by atoms with Crippen LogP contribution in [-0.4, -0.2) is 15.6 Å². The van der Waals surface area contributed by atoms with Crippen molar-refractivity contribution in [3.05, 3.63) is 68.3 Å². The van der Waals surface area contributed by atoms with Crippen molar-refractivity contribution in [2.24, 2.45) is 0 Å². The largest absolute Gasteiger partial charge is 0.478 e. The molecule has 0 atom stereocenters. The van der Waals surface area contributed by atoms with E-state index in [1.54, 1.807) is 12.1 Å². The highest BCUT2D eigenvalue weighted by Gasteiger charge is 2.10. The van der Waals surface area contributed by atoms with E-state index in [1.807, 2.05) is 0 Å². The molecule has 0 aliphatic carbocycles. The maximum absolute atomic E-state index is 12.8. The number of pyridine rings is 1. The third-order valence-corrected chi connectivity index (χ3v) is 3.12. The third kappa shape index (κ3) is 3.08. The van der Waals surface area contributed by atoms with Crippen LogP contribution in [0.2, 0.25) is 0 Å². The van der Waals surface area contributed by atoms with Gasteiger partial charge in [0.2, 0.25) is 0 Å². The number of carboxylic acid groups (broad SMARTS) is 1. The van der Waals surface area contributed by atoms with Crippen molar-refractivity contribution in [1.29, 1.82) is 0 Å². The molecular weight excluding hydrogens is 317 g/mol. The van der Waals surface area contributed by atoms with Gasteiger partial charge in [0.05, 0.1) is 16.6 Å². The van der Waals surface area contributed by atoms with Crippen molar-refractivity contribution in [1.82, 2.24) is 4.57 Å². The van der Waals surface area contributed by atoms with Gasteiger partial charge in [-0.15, -0.1) is 0 Å². The normalized spacial score (nSPS) is 10.4. The van der Waals surface area contributed by atoms with E-state index < -0.39 is 5.97 Å². The highest BCUT2D eigenvalue weighted by Crippen LogP contribution is 2.09. The van der Waals surface area contributed by atoms with E-state index >= 15 is 0 Å². The van der Waals surface area contributed by atoms with Gasteiger partial charge >= 0.3 is 5.97 Å². The highest BCUT2D eigenvalue weighted by molar-refractivity contribution is 9.10.